The molecule has 8 nitrogen and oxygen atoms in total. The van der Waals surface area contributed by atoms with Crippen molar-refractivity contribution in [3.05, 3.63) is 71.1 Å². The second-order valence-corrected chi connectivity index (χ2v) is 6.45. The Hall–Kier alpha value is -3.81. The van der Waals surface area contributed by atoms with Crippen LogP contribution < -0.4 is 21.3 Å². The molecule has 3 rings (SSSR count). The second-order valence-electron chi connectivity index (χ2n) is 6.45. The zero-order valence-corrected chi connectivity index (χ0v) is 16.1. The molecular weight excluding hydrogens is 372 g/mol. The predicted octanol–water partition coefficient (Wildman–Crippen LogP) is 1.77. The Morgan fingerprint density at radius 2 is 1.72 bits per heavy atom. The lowest BCUT2D eigenvalue weighted by molar-refractivity contribution is -0.124. The van der Waals surface area contributed by atoms with E-state index in [2.05, 4.69) is 21.3 Å². The molecule has 0 saturated carbocycles. The van der Waals surface area contributed by atoms with Gasteiger partial charge in [-0.25, -0.2) is 0 Å². The van der Waals surface area contributed by atoms with Gasteiger partial charge in [0.25, 0.3) is 17.7 Å². The number of imide groups is 1. The Morgan fingerprint density at radius 1 is 1.03 bits per heavy atom. The zero-order chi connectivity index (χ0) is 21.0. The van der Waals surface area contributed by atoms with Crippen LogP contribution in [-0.4, -0.2) is 29.9 Å². The maximum absolute atomic E-state index is 12.4. The van der Waals surface area contributed by atoms with Crippen LogP contribution in [0.4, 0.5) is 5.69 Å². The van der Waals surface area contributed by atoms with Gasteiger partial charge in [-0.1, -0.05) is 43.3 Å². The van der Waals surface area contributed by atoms with Crippen molar-refractivity contribution < 1.29 is 19.5 Å². The van der Waals surface area contributed by atoms with Gasteiger partial charge in [-0.2, -0.15) is 0 Å². The van der Waals surface area contributed by atoms with Gasteiger partial charge in [0.2, 0.25) is 0 Å². The third kappa shape index (κ3) is 4.06. The molecule has 0 fully saturated rings. The smallest absolute Gasteiger partial charge is 0.276 e. The first-order chi connectivity index (χ1) is 14.0. The van der Waals surface area contributed by atoms with Crippen molar-refractivity contribution >= 4 is 23.4 Å². The van der Waals surface area contributed by atoms with E-state index in [1.54, 1.807) is 6.07 Å². The summed E-state index contributed by atoms with van der Waals surface area (Å²) < 4.78 is 0. The van der Waals surface area contributed by atoms with Crippen LogP contribution in [0, 0.1) is 0 Å². The highest BCUT2D eigenvalue weighted by atomic mass is 16.3. The van der Waals surface area contributed by atoms with Crippen LogP contribution in [0.3, 0.4) is 0 Å². The molecule has 8 heteroatoms. The average molecular weight is 394 g/mol. The number of phenolic OH excluding ortho intramolecular Hbond substituents is 1. The molecule has 0 unspecified atom stereocenters. The van der Waals surface area contributed by atoms with Crippen molar-refractivity contribution in [2.45, 2.75) is 19.4 Å². The van der Waals surface area contributed by atoms with Crippen molar-refractivity contribution in [2.24, 2.45) is 0 Å². The first kappa shape index (κ1) is 19.9. The highest BCUT2D eigenvalue weighted by Crippen LogP contribution is 2.30. The van der Waals surface area contributed by atoms with Crippen LogP contribution >= 0.6 is 0 Å². The molecule has 0 spiro atoms. The lowest BCUT2D eigenvalue weighted by atomic mass is 10.0. The van der Waals surface area contributed by atoms with E-state index in [0.717, 1.165) is 5.56 Å². The molecule has 0 bridgehead atoms. The Kier molecular flexibility index (Phi) is 5.82. The molecule has 2 aromatic carbocycles. The van der Waals surface area contributed by atoms with Crippen LogP contribution in [0.1, 0.15) is 35.3 Å². The minimum absolute atomic E-state index is 0.0197. The summed E-state index contributed by atoms with van der Waals surface area (Å²) in [6.07, 6.45) is 0.680. The number of para-hydroxylation sites is 1. The van der Waals surface area contributed by atoms with Crippen LogP contribution in [0.5, 0.6) is 5.75 Å². The number of benzene rings is 2. The quantitative estimate of drug-likeness (QED) is 0.361. The van der Waals surface area contributed by atoms with E-state index in [1.807, 2.05) is 37.3 Å². The van der Waals surface area contributed by atoms with Gasteiger partial charge in [0.15, 0.2) is 5.75 Å². The Balaban J connectivity index is 1.95. The van der Waals surface area contributed by atoms with Crippen LogP contribution in [0.15, 0.2) is 59.9 Å². The molecule has 3 amide bonds. The summed E-state index contributed by atoms with van der Waals surface area (Å²) in [4.78, 5) is 36.6. The van der Waals surface area contributed by atoms with Gasteiger partial charge in [0.05, 0.1) is 17.3 Å². The number of hydrogen-bond donors (Lipinski definition) is 5. The summed E-state index contributed by atoms with van der Waals surface area (Å²) in [6, 6.07) is 13.9. The third-order valence-electron chi connectivity index (χ3n) is 4.63. The van der Waals surface area contributed by atoms with Crippen LogP contribution in [0.25, 0.3) is 0 Å². The molecule has 0 aliphatic carbocycles. The standard InChI is InChI=1S/C21H22N4O4/c1-3-14(12-8-5-4-6-9-12)23-16-17(21(29)25-20(16)28)24-15-11-7-10-13(18(15)26)19(27)22-2/h4-11,14,26H,3H2,1-2H3,(H,22,27)(H3,23,24,25,28,29)/t14-/m1/s1. The fraction of sp³-hybridized carbons (Fsp3) is 0.190. The fourth-order valence-corrected chi connectivity index (χ4v) is 3.09. The van der Waals surface area contributed by atoms with Gasteiger partial charge < -0.3 is 21.1 Å². The minimum Gasteiger partial charge on any atom is -0.505 e. The maximum Gasteiger partial charge on any atom is 0.276 e. The molecule has 0 aromatic heterocycles. The van der Waals surface area contributed by atoms with E-state index < -0.39 is 17.7 Å². The van der Waals surface area contributed by atoms with Gasteiger partial charge in [-0.05, 0) is 24.1 Å². The molecule has 0 saturated heterocycles. The average Bonchev–Trinajstić information content (AvgIpc) is 3.00. The summed E-state index contributed by atoms with van der Waals surface area (Å²) >= 11 is 0. The number of phenols is 1. The largest absolute Gasteiger partial charge is 0.505 e. The topological polar surface area (TPSA) is 120 Å². The number of aromatic hydroxyl groups is 1. The summed E-state index contributed by atoms with van der Waals surface area (Å²) in [5.74, 6) is -1.97. The molecule has 5 N–H and O–H groups in total. The third-order valence-corrected chi connectivity index (χ3v) is 4.63. The second kappa shape index (κ2) is 8.47. The van der Waals surface area contributed by atoms with Gasteiger partial charge in [-0.3, -0.25) is 19.7 Å². The van der Waals surface area contributed by atoms with E-state index in [4.69, 9.17) is 0 Å². The number of anilines is 1. The van der Waals surface area contributed by atoms with Crippen molar-refractivity contribution in [3.8, 4) is 5.75 Å². The van der Waals surface area contributed by atoms with E-state index in [9.17, 15) is 19.5 Å². The van der Waals surface area contributed by atoms with Gasteiger partial charge in [0.1, 0.15) is 11.4 Å². The molecular formula is C21H22N4O4. The number of carbonyl (C=O) groups excluding carboxylic acids is 3. The molecule has 0 radical (unpaired) electrons. The zero-order valence-electron chi connectivity index (χ0n) is 16.1. The van der Waals surface area contributed by atoms with E-state index in [1.165, 1.54) is 19.2 Å². The van der Waals surface area contributed by atoms with Crippen molar-refractivity contribution in [1.29, 1.82) is 0 Å². The van der Waals surface area contributed by atoms with E-state index in [-0.39, 0.29) is 34.4 Å². The maximum atomic E-state index is 12.4. The normalized spacial score (nSPS) is 14.4. The number of rotatable bonds is 7. The lowest BCUT2D eigenvalue weighted by Gasteiger charge is -2.19. The molecule has 29 heavy (non-hydrogen) atoms. The molecule has 2 aromatic rings. The lowest BCUT2D eigenvalue weighted by Crippen LogP contribution is -2.29. The number of hydrogen-bond acceptors (Lipinski definition) is 6. The van der Waals surface area contributed by atoms with Gasteiger partial charge in [0, 0.05) is 7.05 Å². The van der Waals surface area contributed by atoms with Crippen LogP contribution in [0.2, 0.25) is 0 Å². The van der Waals surface area contributed by atoms with Crippen LogP contribution in [-0.2, 0) is 9.59 Å². The number of nitrogens with one attached hydrogen (secondary N) is 4. The van der Waals surface area contributed by atoms with E-state index >= 15 is 0 Å². The molecule has 1 heterocycles. The SMILES string of the molecule is CC[C@@H](NC1=C(Nc2cccc(C(=O)NC)c2O)C(=O)NC1=O)c1ccccc1. The molecule has 1 atom stereocenters. The first-order valence-electron chi connectivity index (χ1n) is 9.18. The first-order valence-corrected chi connectivity index (χ1v) is 9.18. The Morgan fingerprint density at radius 3 is 2.38 bits per heavy atom. The molecule has 1 aliphatic rings. The fourth-order valence-electron chi connectivity index (χ4n) is 3.09. The predicted molar refractivity (Wildman–Crippen MR) is 108 cm³/mol. The Labute approximate surface area is 168 Å². The Bertz CT molecular complexity index is 985. The molecule has 1 aliphatic heterocycles. The van der Waals surface area contributed by atoms with Crippen molar-refractivity contribution in [1.82, 2.24) is 16.0 Å². The van der Waals surface area contributed by atoms with Gasteiger partial charge >= 0.3 is 0 Å². The number of carbonyl (C=O) groups is 3. The van der Waals surface area contributed by atoms with E-state index in [0.29, 0.717) is 6.42 Å². The summed E-state index contributed by atoms with van der Waals surface area (Å²) in [5.41, 5.74) is 1.22. The highest BCUT2D eigenvalue weighted by Gasteiger charge is 2.32. The minimum atomic E-state index is -0.620. The molecule has 150 valence electrons. The highest BCUT2D eigenvalue weighted by molar-refractivity contribution is 6.20. The van der Waals surface area contributed by atoms with Crippen molar-refractivity contribution in [3.63, 3.8) is 0 Å². The summed E-state index contributed by atoms with van der Waals surface area (Å²) in [7, 11) is 1.45. The monoisotopic (exact) mass is 394 g/mol. The summed E-state index contributed by atoms with van der Waals surface area (Å²) in [6.45, 7) is 1.96. The number of amides is 3. The van der Waals surface area contributed by atoms with Gasteiger partial charge in [-0.15, -0.1) is 0 Å². The van der Waals surface area contributed by atoms with Crippen molar-refractivity contribution in [2.75, 3.05) is 12.4 Å². The summed E-state index contributed by atoms with van der Waals surface area (Å²) in [5, 5.41) is 21.0.